The van der Waals surface area contributed by atoms with Crippen molar-refractivity contribution in [1.82, 2.24) is 14.6 Å². The van der Waals surface area contributed by atoms with Crippen molar-refractivity contribution in [2.75, 3.05) is 17.2 Å². The highest BCUT2D eigenvalue weighted by atomic mass is 19.1. The van der Waals surface area contributed by atoms with Crippen molar-refractivity contribution >= 4 is 28.8 Å². The highest BCUT2D eigenvalue weighted by Crippen LogP contribution is 2.39. The molecule has 2 atom stereocenters. The summed E-state index contributed by atoms with van der Waals surface area (Å²) in [7, 11) is 0. The molecule has 0 radical (unpaired) electrons. The van der Waals surface area contributed by atoms with E-state index in [1.807, 2.05) is 6.07 Å². The molecule has 0 saturated carbocycles. The Morgan fingerprint density at radius 2 is 1.97 bits per heavy atom. The lowest BCUT2D eigenvalue weighted by Crippen LogP contribution is -2.27. The van der Waals surface area contributed by atoms with Gasteiger partial charge in [0.15, 0.2) is 5.82 Å². The van der Waals surface area contributed by atoms with E-state index >= 15 is 0 Å². The van der Waals surface area contributed by atoms with E-state index in [0.717, 1.165) is 18.2 Å². The van der Waals surface area contributed by atoms with Crippen LogP contribution in [0.25, 0.3) is 5.52 Å². The van der Waals surface area contributed by atoms with Crippen molar-refractivity contribution in [2.24, 2.45) is 0 Å². The summed E-state index contributed by atoms with van der Waals surface area (Å²) in [4.78, 5) is 29.0. The van der Waals surface area contributed by atoms with Gasteiger partial charge in [0, 0.05) is 30.2 Å². The number of benzene rings is 2. The summed E-state index contributed by atoms with van der Waals surface area (Å²) < 4.78 is 35.8. The van der Waals surface area contributed by atoms with E-state index in [1.165, 1.54) is 35.1 Å². The summed E-state index contributed by atoms with van der Waals surface area (Å²) in [5.41, 5.74) is 6.28. The quantitative estimate of drug-likeness (QED) is 0.244. The number of rotatable bonds is 5. The Hall–Kier alpha value is -5.12. The molecule has 11 nitrogen and oxygen atoms in total. The fourth-order valence-electron chi connectivity index (χ4n) is 4.38. The fraction of sp³-hybridized carbons (Fsp3) is 0.167. The average Bonchev–Trinajstić information content (AvgIpc) is 3.44. The molecular weight excluding hydrogens is 488 g/mol. The van der Waals surface area contributed by atoms with Crippen LogP contribution < -0.4 is 10.6 Å². The lowest BCUT2D eigenvalue weighted by atomic mass is 10.0. The molecule has 3 heterocycles. The van der Waals surface area contributed by atoms with Crippen molar-refractivity contribution in [3.8, 4) is 6.07 Å². The molecule has 186 valence electrons. The van der Waals surface area contributed by atoms with Gasteiger partial charge < -0.3 is 15.4 Å². The van der Waals surface area contributed by atoms with Crippen LogP contribution in [0.2, 0.25) is 0 Å². The number of anilines is 2. The van der Waals surface area contributed by atoms with Crippen LogP contribution in [0.5, 0.6) is 0 Å². The molecule has 1 saturated heterocycles. The zero-order valence-corrected chi connectivity index (χ0v) is 18.9. The molecule has 2 N–H and O–H groups in total. The van der Waals surface area contributed by atoms with Crippen LogP contribution in [-0.4, -0.2) is 38.1 Å². The summed E-state index contributed by atoms with van der Waals surface area (Å²) >= 11 is 0. The SMILES string of the molecule is N#Cc1c(N)nn2cnc(N3C[C@@H](OC(=O)c4ccc([N+](=O)[O-])cc4)C[C@H]3c3cc(F)ccc3F)cc12. The predicted molar refractivity (Wildman–Crippen MR) is 125 cm³/mol. The van der Waals surface area contributed by atoms with Gasteiger partial charge in [0.05, 0.1) is 28.6 Å². The Morgan fingerprint density at radius 1 is 1.22 bits per heavy atom. The number of ether oxygens (including phenoxy) is 1. The maximum absolute atomic E-state index is 14.8. The van der Waals surface area contributed by atoms with Gasteiger partial charge in [-0.1, -0.05) is 0 Å². The third-order valence-corrected chi connectivity index (χ3v) is 6.11. The van der Waals surface area contributed by atoms with Crippen molar-refractivity contribution < 1.29 is 23.2 Å². The third-order valence-electron chi connectivity index (χ3n) is 6.11. The van der Waals surface area contributed by atoms with E-state index in [9.17, 15) is 29.0 Å². The number of carbonyl (C=O) groups is 1. The second kappa shape index (κ2) is 9.15. The van der Waals surface area contributed by atoms with Crippen molar-refractivity contribution in [2.45, 2.75) is 18.6 Å². The number of nitrogen functional groups attached to an aromatic ring is 1. The molecule has 5 rings (SSSR count). The Kier molecular flexibility index (Phi) is 5.84. The number of aromatic nitrogens is 3. The maximum atomic E-state index is 14.8. The van der Waals surface area contributed by atoms with E-state index in [0.29, 0.717) is 11.3 Å². The highest BCUT2D eigenvalue weighted by Gasteiger charge is 2.38. The molecule has 0 unspecified atom stereocenters. The van der Waals surface area contributed by atoms with Gasteiger partial charge in [0.1, 0.15) is 41.5 Å². The van der Waals surface area contributed by atoms with Crippen LogP contribution in [0.1, 0.15) is 33.9 Å². The smallest absolute Gasteiger partial charge is 0.338 e. The molecule has 0 bridgehead atoms. The van der Waals surface area contributed by atoms with E-state index in [-0.39, 0.29) is 41.2 Å². The molecule has 0 aliphatic carbocycles. The molecule has 1 fully saturated rings. The topological polar surface area (TPSA) is 153 Å². The highest BCUT2D eigenvalue weighted by molar-refractivity contribution is 5.89. The number of nitriles is 1. The number of fused-ring (bicyclic) bond motifs is 1. The van der Waals surface area contributed by atoms with Gasteiger partial charge in [-0.05, 0) is 30.3 Å². The van der Waals surface area contributed by atoms with E-state index < -0.39 is 34.7 Å². The molecule has 2 aromatic carbocycles. The van der Waals surface area contributed by atoms with Gasteiger partial charge in [0.25, 0.3) is 5.69 Å². The number of halogens is 2. The van der Waals surface area contributed by atoms with Gasteiger partial charge in [0.2, 0.25) is 0 Å². The first kappa shape index (κ1) is 23.6. The minimum atomic E-state index is -0.758. The summed E-state index contributed by atoms with van der Waals surface area (Å²) in [6, 6.07) is 10.8. The van der Waals surface area contributed by atoms with E-state index in [2.05, 4.69) is 10.1 Å². The number of hydrogen-bond donors (Lipinski definition) is 1. The number of nitro benzene ring substituents is 1. The van der Waals surface area contributed by atoms with Crippen molar-refractivity contribution in [3.05, 3.63) is 93.3 Å². The van der Waals surface area contributed by atoms with Gasteiger partial charge in [-0.25, -0.2) is 23.1 Å². The largest absolute Gasteiger partial charge is 0.457 e. The van der Waals surface area contributed by atoms with Crippen molar-refractivity contribution in [3.63, 3.8) is 0 Å². The van der Waals surface area contributed by atoms with Crippen LogP contribution in [0.15, 0.2) is 54.9 Å². The third kappa shape index (κ3) is 4.36. The number of nitrogens with two attached hydrogens (primary N) is 1. The van der Waals surface area contributed by atoms with Crippen LogP contribution in [-0.2, 0) is 4.74 Å². The Labute approximate surface area is 207 Å². The van der Waals surface area contributed by atoms with Gasteiger partial charge in [-0.15, -0.1) is 5.10 Å². The van der Waals surface area contributed by atoms with Crippen molar-refractivity contribution in [1.29, 1.82) is 5.26 Å². The Balaban J connectivity index is 1.48. The average molecular weight is 505 g/mol. The van der Waals surface area contributed by atoms with Crippen LogP contribution >= 0.6 is 0 Å². The zero-order chi connectivity index (χ0) is 26.3. The first-order valence-corrected chi connectivity index (χ1v) is 11.0. The first-order chi connectivity index (χ1) is 17.7. The maximum Gasteiger partial charge on any atom is 0.338 e. The molecule has 37 heavy (non-hydrogen) atoms. The van der Waals surface area contributed by atoms with Gasteiger partial charge in [-0.2, -0.15) is 5.26 Å². The molecule has 4 aromatic rings. The first-order valence-electron chi connectivity index (χ1n) is 11.0. The molecule has 13 heteroatoms. The van der Waals surface area contributed by atoms with Crippen LogP contribution in [0.4, 0.5) is 26.1 Å². The van der Waals surface area contributed by atoms with Gasteiger partial charge >= 0.3 is 5.97 Å². The second-order valence-corrected chi connectivity index (χ2v) is 8.35. The molecular formula is C24H17F2N7O4. The molecule has 1 aliphatic heterocycles. The summed E-state index contributed by atoms with van der Waals surface area (Å²) in [5, 5.41) is 24.3. The molecule has 1 aliphatic rings. The standard InChI is InChI=1S/C24H17F2N7O4/c25-14-3-6-19(26)17(7-14)20-8-16(37-24(34)13-1-4-15(5-2-13)33(35)36)11-31(20)22-9-21-18(10-27)23(28)30-32(21)12-29-22/h1-7,9,12,16,20H,8,11H2,(H2,28,30)/t16-,20-/m0/s1. The number of non-ortho nitro benzene ring substituents is 1. The van der Waals surface area contributed by atoms with Crippen LogP contribution in [0.3, 0.4) is 0 Å². The monoisotopic (exact) mass is 505 g/mol. The summed E-state index contributed by atoms with van der Waals surface area (Å²) in [6.07, 6.45) is 0.703. The fourth-order valence-corrected chi connectivity index (χ4v) is 4.38. The van der Waals surface area contributed by atoms with E-state index in [4.69, 9.17) is 10.5 Å². The normalized spacial score (nSPS) is 17.1. The lowest BCUT2D eigenvalue weighted by Gasteiger charge is -2.26. The summed E-state index contributed by atoms with van der Waals surface area (Å²) in [6.45, 7) is 0.0774. The Bertz CT molecular complexity index is 1580. The van der Waals surface area contributed by atoms with E-state index in [1.54, 1.807) is 11.0 Å². The second-order valence-electron chi connectivity index (χ2n) is 8.35. The minimum Gasteiger partial charge on any atom is -0.457 e. The molecule has 0 amide bonds. The molecule has 0 spiro atoms. The number of hydrogen-bond acceptors (Lipinski definition) is 9. The number of nitro groups is 1. The number of esters is 1. The Morgan fingerprint density at radius 3 is 2.68 bits per heavy atom. The minimum absolute atomic E-state index is 0.0190. The summed E-state index contributed by atoms with van der Waals surface area (Å²) in [5.74, 6) is -1.68. The van der Waals surface area contributed by atoms with Gasteiger partial charge in [-0.3, -0.25) is 10.1 Å². The molecule has 2 aromatic heterocycles. The number of carbonyl (C=O) groups excluding carboxylic acids is 1. The van der Waals surface area contributed by atoms with Crippen LogP contribution in [0, 0.1) is 33.1 Å². The zero-order valence-electron chi connectivity index (χ0n) is 18.9. The lowest BCUT2D eigenvalue weighted by molar-refractivity contribution is -0.384. The predicted octanol–water partition coefficient (Wildman–Crippen LogP) is 3.55. The number of nitrogens with zero attached hydrogens (tertiary/aromatic N) is 6.